The number of benzene rings is 1. The first kappa shape index (κ1) is 15.5. The SMILES string of the molecule is CCC1(C(=O)O)CCN(CCC(=O)Nc2ccccc2)C1. The van der Waals surface area contributed by atoms with Crippen LogP contribution in [-0.2, 0) is 9.59 Å². The Morgan fingerprint density at radius 3 is 2.62 bits per heavy atom. The third kappa shape index (κ3) is 3.82. The van der Waals surface area contributed by atoms with Crippen molar-refractivity contribution in [3.05, 3.63) is 30.3 Å². The van der Waals surface area contributed by atoms with Gasteiger partial charge in [-0.2, -0.15) is 0 Å². The summed E-state index contributed by atoms with van der Waals surface area (Å²) in [5.74, 6) is -0.758. The Kier molecular flexibility index (Phi) is 4.96. The molecule has 0 aliphatic carbocycles. The Morgan fingerprint density at radius 2 is 2.05 bits per heavy atom. The molecule has 2 rings (SSSR count). The normalized spacial score (nSPS) is 22.1. The molecule has 114 valence electrons. The fourth-order valence-electron chi connectivity index (χ4n) is 2.77. The molecule has 1 aliphatic rings. The average Bonchev–Trinajstić information content (AvgIpc) is 2.91. The molecule has 1 aliphatic heterocycles. The lowest BCUT2D eigenvalue weighted by Crippen LogP contribution is -2.35. The van der Waals surface area contributed by atoms with E-state index < -0.39 is 11.4 Å². The molecule has 0 spiro atoms. The van der Waals surface area contributed by atoms with Crippen LogP contribution in [-0.4, -0.2) is 41.5 Å². The fourth-order valence-corrected chi connectivity index (χ4v) is 2.77. The zero-order valence-corrected chi connectivity index (χ0v) is 12.3. The van der Waals surface area contributed by atoms with Crippen molar-refractivity contribution in [2.24, 2.45) is 5.41 Å². The van der Waals surface area contributed by atoms with Gasteiger partial charge in [0.2, 0.25) is 5.91 Å². The van der Waals surface area contributed by atoms with Crippen LogP contribution >= 0.6 is 0 Å². The highest BCUT2D eigenvalue weighted by atomic mass is 16.4. The van der Waals surface area contributed by atoms with Gasteiger partial charge >= 0.3 is 5.97 Å². The number of hydrogen-bond donors (Lipinski definition) is 2. The number of para-hydroxylation sites is 1. The molecule has 0 bridgehead atoms. The van der Waals surface area contributed by atoms with Gasteiger partial charge in [-0.05, 0) is 31.5 Å². The van der Waals surface area contributed by atoms with E-state index in [0.29, 0.717) is 32.4 Å². The van der Waals surface area contributed by atoms with E-state index in [1.807, 2.05) is 37.3 Å². The summed E-state index contributed by atoms with van der Waals surface area (Å²) in [7, 11) is 0. The highest BCUT2D eigenvalue weighted by Gasteiger charge is 2.42. The number of carbonyl (C=O) groups is 2. The molecule has 1 heterocycles. The minimum Gasteiger partial charge on any atom is -0.481 e. The third-order valence-electron chi connectivity index (χ3n) is 4.28. The lowest BCUT2D eigenvalue weighted by molar-refractivity contribution is -0.148. The predicted octanol–water partition coefficient (Wildman–Crippen LogP) is 2.20. The van der Waals surface area contributed by atoms with Gasteiger partial charge in [0, 0.05) is 25.2 Å². The van der Waals surface area contributed by atoms with Crippen LogP contribution in [0.4, 0.5) is 5.69 Å². The van der Waals surface area contributed by atoms with Crippen LogP contribution in [0.25, 0.3) is 0 Å². The first-order valence-electron chi connectivity index (χ1n) is 7.36. The third-order valence-corrected chi connectivity index (χ3v) is 4.28. The summed E-state index contributed by atoms with van der Waals surface area (Å²) in [6.45, 7) is 3.81. The van der Waals surface area contributed by atoms with Gasteiger partial charge in [-0.1, -0.05) is 25.1 Å². The van der Waals surface area contributed by atoms with Crippen molar-refractivity contribution in [2.45, 2.75) is 26.2 Å². The number of anilines is 1. The largest absolute Gasteiger partial charge is 0.481 e. The van der Waals surface area contributed by atoms with Crippen LogP contribution in [0.2, 0.25) is 0 Å². The number of carboxylic acids is 1. The summed E-state index contributed by atoms with van der Waals surface area (Å²) in [5.41, 5.74) is 0.160. The van der Waals surface area contributed by atoms with Gasteiger partial charge in [-0.15, -0.1) is 0 Å². The number of carboxylic acid groups (broad SMARTS) is 1. The highest BCUT2D eigenvalue weighted by Crippen LogP contribution is 2.34. The van der Waals surface area contributed by atoms with Gasteiger partial charge in [0.1, 0.15) is 0 Å². The van der Waals surface area contributed by atoms with Crippen LogP contribution < -0.4 is 5.32 Å². The molecule has 1 amide bonds. The molecule has 1 aromatic rings. The Balaban J connectivity index is 1.79. The van der Waals surface area contributed by atoms with Crippen molar-refractivity contribution in [2.75, 3.05) is 25.0 Å². The topological polar surface area (TPSA) is 69.6 Å². The van der Waals surface area contributed by atoms with Gasteiger partial charge < -0.3 is 15.3 Å². The molecule has 5 heteroatoms. The Labute approximate surface area is 125 Å². The maximum absolute atomic E-state index is 11.9. The summed E-state index contributed by atoms with van der Waals surface area (Å²) in [5, 5.41) is 12.2. The van der Waals surface area contributed by atoms with E-state index in [9.17, 15) is 14.7 Å². The van der Waals surface area contributed by atoms with E-state index >= 15 is 0 Å². The monoisotopic (exact) mass is 290 g/mol. The summed E-state index contributed by atoms with van der Waals surface area (Å²) in [6.07, 6.45) is 1.68. The van der Waals surface area contributed by atoms with Crippen LogP contribution in [0, 0.1) is 5.41 Å². The highest BCUT2D eigenvalue weighted by molar-refractivity contribution is 5.90. The second kappa shape index (κ2) is 6.72. The van der Waals surface area contributed by atoms with Crippen LogP contribution in [0.1, 0.15) is 26.2 Å². The maximum atomic E-state index is 11.9. The van der Waals surface area contributed by atoms with Crippen molar-refractivity contribution in [1.82, 2.24) is 4.90 Å². The number of amides is 1. The van der Waals surface area contributed by atoms with Gasteiger partial charge in [0.05, 0.1) is 5.41 Å². The number of hydrogen-bond acceptors (Lipinski definition) is 3. The number of likely N-dealkylation sites (tertiary alicyclic amines) is 1. The van der Waals surface area contributed by atoms with E-state index in [-0.39, 0.29) is 5.91 Å². The summed E-state index contributed by atoms with van der Waals surface area (Å²) in [4.78, 5) is 25.3. The second-order valence-corrected chi connectivity index (χ2v) is 5.63. The quantitative estimate of drug-likeness (QED) is 0.842. The summed E-state index contributed by atoms with van der Waals surface area (Å²) < 4.78 is 0. The predicted molar refractivity (Wildman–Crippen MR) is 81.1 cm³/mol. The zero-order chi connectivity index (χ0) is 15.3. The van der Waals surface area contributed by atoms with Crippen molar-refractivity contribution in [1.29, 1.82) is 0 Å². The molecule has 1 atom stereocenters. The molecular formula is C16H22N2O3. The van der Waals surface area contributed by atoms with Gasteiger partial charge in [-0.25, -0.2) is 0 Å². The Bertz CT molecular complexity index is 504. The summed E-state index contributed by atoms with van der Waals surface area (Å²) in [6, 6.07) is 9.34. The first-order chi connectivity index (χ1) is 10.1. The Hall–Kier alpha value is -1.88. The molecular weight excluding hydrogens is 268 g/mol. The molecule has 5 nitrogen and oxygen atoms in total. The van der Waals surface area contributed by atoms with Crippen LogP contribution in [0.15, 0.2) is 30.3 Å². The zero-order valence-electron chi connectivity index (χ0n) is 12.3. The number of rotatable bonds is 6. The first-order valence-corrected chi connectivity index (χ1v) is 7.36. The number of nitrogens with one attached hydrogen (secondary N) is 1. The summed E-state index contributed by atoms with van der Waals surface area (Å²) >= 11 is 0. The number of carbonyl (C=O) groups excluding carboxylic acids is 1. The van der Waals surface area contributed by atoms with Gasteiger partial charge in [-0.3, -0.25) is 9.59 Å². The van der Waals surface area contributed by atoms with E-state index in [0.717, 1.165) is 12.2 Å². The molecule has 1 saturated heterocycles. The molecule has 21 heavy (non-hydrogen) atoms. The lowest BCUT2D eigenvalue weighted by Gasteiger charge is -2.23. The standard InChI is InChI=1S/C16H22N2O3/c1-2-16(15(20)21)9-11-18(12-16)10-8-14(19)17-13-6-4-3-5-7-13/h3-7H,2,8-12H2,1H3,(H,17,19)(H,20,21). The number of aliphatic carboxylic acids is 1. The van der Waals surface area contributed by atoms with E-state index in [4.69, 9.17) is 0 Å². The average molecular weight is 290 g/mol. The van der Waals surface area contributed by atoms with Crippen molar-refractivity contribution < 1.29 is 14.7 Å². The van der Waals surface area contributed by atoms with Crippen LogP contribution in [0.3, 0.4) is 0 Å². The fraction of sp³-hybridized carbons (Fsp3) is 0.500. The van der Waals surface area contributed by atoms with Crippen molar-refractivity contribution in [3.8, 4) is 0 Å². The van der Waals surface area contributed by atoms with Gasteiger partial charge in [0.25, 0.3) is 0 Å². The minimum atomic E-state index is -0.721. The minimum absolute atomic E-state index is 0.0366. The van der Waals surface area contributed by atoms with Crippen molar-refractivity contribution in [3.63, 3.8) is 0 Å². The van der Waals surface area contributed by atoms with E-state index in [1.54, 1.807) is 0 Å². The maximum Gasteiger partial charge on any atom is 0.310 e. The molecule has 0 radical (unpaired) electrons. The molecule has 0 saturated carbocycles. The molecule has 1 unspecified atom stereocenters. The molecule has 1 aromatic carbocycles. The lowest BCUT2D eigenvalue weighted by atomic mass is 9.84. The van der Waals surface area contributed by atoms with Crippen LogP contribution in [0.5, 0.6) is 0 Å². The smallest absolute Gasteiger partial charge is 0.310 e. The van der Waals surface area contributed by atoms with E-state index in [2.05, 4.69) is 10.2 Å². The second-order valence-electron chi connectivity index (χ2n) is 5.63. The van der Waals surface area contributed by atoms with Crippen molar-refractivity contribution >= 4 is 17.6 Å². The van der Waals surface area contributed by atoms with E-state index in [1.165, 1.54) is 0 Å². The van der Waals surface area contributed by atoms with Gasteiger partial charge in [0.15, 0.2) is 0 Å². The molecule has 1 fully saturated rings. The molecule has 2 N–H and O–H groups in total. The Morgan fingerprint density at radius 1 is 1.33 bits per heavy atom. The molecule has 0 aromatic heterocycles. The number of nitrogens with zero attached hydrogens (tertiary/aromatic N) is 1.